The van der Waals surface area contributed by atoms with E-state index in [1.807, 2.05) is 12.1 Å². The Bertz CT molecular complexity index is 1250. The summed E-state index contributed by atoms with van der Waals surface area (Å²) in [5, 5.41) is 16.4. The van der Waals surface area contributed by atoms with Gasteiger partial charge in [0.2, 0.25) is 0 Å². The number of hydrogen-bond donors (Lipinski definition) is 1. The number of nitrogens with one attached hydrogen (secondary N) is 1. The van der Waals surface area contributed by atoms with Gasteiger partial charge < -0.3 is 18.9 Å². The maximum atomic E-state index is 5.44. The second-order valence-corrected chi connectivity index (χ2v) is 6.42. The van der Waals surface area contributed by atoms with E-state index in [0.29, 0.717) is 28.9 Å². The van der Waals surface area contributed by atoms with Crippen LogP contribution in [0.5, 0.6) is 23.0 Å². The fourth-order valence-electron chi connectivity index (χ4n) is 2.69. The molecular weight excluding hydrogens is 436 g/mol. The Hall–Kier alpha value is -4.96. The number of terminal acetylenes is 2. The van der Waals surface area contributed by atoms with Crippen LogP contribution in [0.25, 0.3) is 0 Å². The van der Waals surface area contributed by atoms with Crippen molar-refractivity contribution in [2.24, 2.45) is 10.2 Å². The number of aromatic nitrogens is 3. The van der Waals surface area contributed by atoms with E-state index in [1.165, 1.54) is 11.0 Å². The predicted octanol–water partition coefficient (Wildman–Crippen LogP) is 2.65. The molecule has 0 amide bonds. The van der Waals surface area contributed by atoms with Crippen molar-refractivity contribution in [1.29, 1.82) is 0 Å². The van der Waals surface area contributed by atoms with Crippen molar-refractivity contribution < 1.29 is 18.9 Å². The number of hydrogen-bond acceptors (Lipinski definition) is 9. The third-order valence-corrected chi connectivity index (χ3v) is 4.24. The second-order valence-electron chi connectivity index (χ2n) is 6.42. The average Bonchev–Trinajstić information content (AvgIpc) is 3.32. The molecule has 0 atom stereocenters. The topological polar surface area (TPSA) is 104 Å². The third kappa shape index (κ3) is 6.28. The Morgan fingerprint density at radius 3 is 2.06 bits per heavy atom. The molecule has 0 radical (unpaired) electrons. The molecule has 0 saturated carbocycles. The lowest BCUT2D eigenvalue weighted by atomic mass is 10.2. The van der Waals surface area contributed by atoms with Crippen molar-refractivity contribution in [3.05, 3.63) is 53.9 Å². The highest BCUT2D eigenvalue weighted by molar-refractivity contribution is 5.82. The fraction of sp³-hybridized carbons (Fsp3) is 0.167. The van der Waals surface area contributed by atoms with Gasteiger partial charge in [-0.15, -0.1) is 23.0 Å². The number of benzene rings is 2. The Morgan fingerprint density at radius 1 is 0.912 bits per heavy atom. The second kappa shape index (κ2) is 12.2. The molecule has 0 spiro atoms. The first kappa shape index (κ1) is 23.7. The van der Waals surface area contributed by atoms with Crippen molar-refractivity contribution >= 4 is 18.4 Å². The van der Waals surface area contributed by atoms with Crippen molar-refractivity contribution in [2.45, 2.75) is 0 Å². The number of rotatable bonds is 11. The lowest BCUT2D eigenvalue weighted by Crippen LogP contribution is -2.00. The van der Waals surface area contributed by atoms with Crippen LogP contribution in [0.2, 0.25) is 0 Å². The summed E-state index contributed by atoms with van der Waals surface area (Å²) in [7, 11) is 3.09. The largest absolute Gasteiger partial charge is 0.493 e. The maximum absolute atomic E-state index is 5.44. The molecule has 1 N–H and O–H groups in total. The zero-order valence-corrected chi connectivity index (χ0v) is 18.6. The van der Waals surface area contributed by atoms with Crippen LogP contribution >= 0.6 is 0 Å². The first-order valence-corrected chi connectivity index (χ1v) is 9.90. The van der Waals surface area contributed by atoms with E-state index >= 15 is 0 Å². The van der Waals surface area contributed by atoms with Crippen molar-refractivity contribution in [3.63, 3.8) is 0 Å². The summed E-state index contributed by atoms with van der Waals surface area (Å²) in [6, 6.07) is 10.7. The molecule has 34 heavy (non-hydrogen) atoms. The number of anilines is 1. The highest BCUT2D eigenvalue weighted by Crippen LogP contribution is 2.28. The van der Waals surface area contributed by atoms with Crippen LogP contribution in [0.15, 0.2) is 52.9 Å². The van der Waals surface area contributed by atoms with E-state index in [9.17, 15) is 0 Å². The molecule has 1 aromatic heterocycles. The fourth-order valence-corrected chi connectivity index (χ4v) is 2.69. The SMILES string of the molecule is C#CCOc1ccc(C=NNc2nncn2/N=C\c2ccc(OCC#C)c(OC)c2)cc1OC. The van der Waals surface area contributed by atoms with E-state index < -0.39 is 0 Å². The highest BCUT2D eigenvalue weighted by atomic mass is 16.5. The minimum atomic E-state index is 0.149. The Labute approximate surface area is 197 Å². The normalized spacial score (nSPS) is 10.6. The van der Waals surface area contributed by atoms with Crippen LogP contribution in [-0.4, -0.2) is 54.7 Å². The van der Waals surface area contributed by atoms with Gasteiger partial charge in [0.1, 0.15) is 19.5 Å². The molecule has 3 aromatic rings. The van der Waals surface area contributed by atoms with Gasteiger partial charge in [0.15, 0.2) is 23.0 Å². The first-order valence-electron chi connectivity index (χ1n) is 9.90. The zero-order chi connectivity index (χ0) is 24.2. The average molecular weight is 458 g/mol. The van der Waals surface area contributed by atoms with Crippen molar-refractivity contribution in [3.8, 4) is 47.7 Å². The molecule has 0 saturated heterocycles. The van der Waals surface area contributed by atoms with Crippen molar-refractivity contribution in [2.75, 3.05) is 32.9 Å². The molecular formula is C24H22N6O4. The molecule has 2 aromatic carbocycles. The minimum absolute atomic E-state index is 0.149. The summed E-state index contributed by atoms with van der Waals surface area (Å²) in [5.74, 6) is 7.32. The third-order valence-electron chi connectivity index (χ3n) is 4.24. The molecule has 0 bridgehead atoms. The van der Waals surface area contributed by atoms with Crippen LogP contribution in [0.1, 0.15) is 11.1 Å². The maximum Gasteiger partial charge on any atom is 0.265 e. The Kier molecular flexibility index (Phi) is 8.48. The van der Waals surface area contributed by atoms with E-state index in [-0.39, 0.29) is 13.2 Å². The van der Waals surface area contributed by atoms with Gasteiger partial charge in [0.25, 0.3) is 5.95 Å². The van der Waals surface area contributed by atoms with E-state index in [1.54, 1.807) is 50.9 Å². The number of methoxy groups -OCH3 is 2. The van der Waals surface area contributed by atoms with Gasteiger partial charge in [0.05, 0.1) is 26.6 Å². The summed E-state index contributed by atoms with van der Waals surface area (Å²) < 4.78 is 23.0. The molecule has 172 valence electrons. The molecule has 0 fully saturated rings. The van der Waals surface area contributed by atoms with Gasteiger partial charge in [-0.25, -0.2) is 5.43 Å². The molecule has 10 nitrogen and oxygen atoms in total. The Morgan fingerprint density at radius 2 is 1.50 bits per heavy atom. The molecule has 0 unspecified atom stereocenters. The quantitative estimate of drug-likeness (QED) is 0.268. The number of ether oxygens (including phenoxy) is 4. The van der Waals surface area contributed by atoms with E-state index in [0.717, 1.165) is 11.1 Å². The lowest BCUT2D eigenvalue weighted by Gasteiger charge is -2.09. The summed E-state index contributed by atoms with van der Waals surface area (Å²) in [5.41, 5.74) is 4.34. The molecule has 1 heterocycles. The van der Waals surface area contributed by atoms with E-state index in [4.69, 9.17) is 31.8 Å². The standard InChI is InChI=1S/C24H22N6O4/c1-5-11-33-20-9-7-18(13-22(20)31-3)15-25-28-24-29-26-17-30(24)27-16-19-8-10-21(34-12-6-2)23(14-19)32-4/h1-2,7-10,13-17H,11-12H2,3-4H3,(H,28,29)/b25-15?,27-16-. The first-order chi connectivity index (χ1) is 16.7. The number of hydrazone groups is 1. The van der Waals surface area contributed by atoms with Gasteiger partial charge in [-0.05, 0) is 47.5 Å². The smallest absolute Gasteiger partial charge is 0.265 e. The summed E-state index contributed by atoms with van der Waals surface area (Å²) in [6.07, 6.45) is 15.1. The monoisotopic (exact) mass is 458 g/mol. The van der Waals surface area contributed by atoms with Crippen LogP contribution in [0, 0.1) is 24.7 Å². The lowest BCUT2D eigenvalue weighted by molar-refractivity contribution is 0.331. The molecule has 0 aliphatic heterocycles. The molecule has 0 aliphatic rings. The summed E-state index contributed by atoms with van der Waals surface area (Å²) in [4.78, 5) is 0. The van der Waals surface area contributed by atoms with Gasteiger partial charge in [-0.3, -0.25) is 0 Å². The summed E-state index contributed by atoms with van der Waals surface area (Å²) >= 11 is 0. The summed E-state index contributed by atoms with van der Waals surface area (Å²) in [6.45, 7) is 0.300. The van der Waals surface area contributed by atoms with Gasteiger partial charge >= 0.3 is 0 Å². The van der Waals surface area contributed by atoms with Gasteiger partial charge in [0, 0.05) is 0 Å². The Balaban J connectivity index is 1.67. The molecule has 10 heteroatoms. The zero-order valence-electron chi connectivity index (χ0n) is 18.6. The van der Waals surface area contributed by atoms with Crippen LogP contribution in [-0.2, 0) is 0 Å². The molecule has 3 rings (SSSR count). The number of nitrogens with zero attached hydrogens (tertiary/aromatic N) is 5. The van der Waals surface area contributed by atoms with Gasteiger partial charge in [-0.1, -0.05) is 11.8 Å². The van der Waals surface area contributed by atoms with Crippen LogP contribution in [0.4, 0.5) is 5.95 Å². The minimum Gasteiger partial charge on any atom is -0.493 e. The molecule has 0 aliphatic carbocycles. The van der Waals surface area contributed by atoms with Crippen LogP contribution in [0.3, 0.4) is 0 Å². The van der Waals surface area contributed by atoms with Gasteiger partial charge in [-0.2, -0.15) is 14.9 Å². The van der Waals surface area contributed by atoms with Crippen LogP contribution < -0.4 is 24.4 Å². The van der Waals surface area contributed by atoms with E-state index in [2.05, 4.69) is 37.7 Å². The predicted molar refractivity (Wildman–Crippen MR) is 129 cm³/mol. The highest BCUT2D eigenvalue weighted by Gasteiger charge is 2.06. The van der Waals surface area contributed by atoms with Crippen molar-refractivity contribution in [1.82, 2.24) is 14.9 Å².